The summed E-state index contributed by atoms with van der Waals surface area (Å²) < 4.78 is 45.2. The van der Waals surface area contributed by atoms with Crippen LogP contribution in [0.1, 0.15) is 44.5 Å². The van der Waals surface area contributed by atoms with E-state index < -0.39 is 0 Å². The van der Waals surface area contributed by atoms with Crippen molar-refractivity contribution in [2.24, 2.45) is 0 Å². The summed E-state index contributed by atoms with van der Waals surface area (Å²) in [4.78, 5) is 0. The Bertz CT molecular complexity index is 1900. The van der Waals surface area contributed by atoms with Crippen LogP contribution < -0.4 is 37.9 Å². The molecule has 0 atom stereocenters. The van der Waals surface area contributed by atoms with Crippen LogP contribution in [-0.2, 0) is 25.7 Å². The quantitative estimate of drug-likeness (QED) is 0.186. The first-order valence-electron chi connectivity index (χ1n) is 15.4. The molecule has 8 heteroatoms. The van der Waals surface area contributed by atoms with Crippen LogP contribution in [0.25, 0.3) is 0 Å². The van der Waals surface area contributed by atoms with Crippen LogP contribution in [0.15, 0.2) is 84.9 Å². The van der Waals surface area contributed by atoms with E-state index in [1.165, 1.54) is 22.3 Å². The van der Waals surface area contributed by atoms with Crippen LogP contribution in [0.5, 0.6) is 46.0 Å². The molecular weight excluding hydrogens is 584 g/mol. The largest absolute Gasteiger partial charge is 0.454 e. The summed E-state index contributed by atoms with van der Waals surface area (Å²) in [5.74, 6) is 6.27. The van der Waals surface area contributed by atoms with Crippen molar-refractivity contribution in [2.45, 2.75) is 25.7 Å². The summed E-state index contributed by atoms with van der Waals surface area (Å²) >= 11 is 0. The number of hydrogen-bond donors (Lipinski definition) is 0. The number of fused-ring (bicyclic) bond motifs is 4. The zero-order chi connectivity index (χ0) is 30.5. The maximum absolute atomic E-state index is 5.74. The topological polar surface area (TPSA) is 73.8 Å². The zero-order valence-corrected chi connectivity index (χ0v) is 25.0. The van der Waals surface area contributed by atoms with Gasteiger partial charge in [0.05, 0.1) is 0 Å². The van der Waals surface area contributed by atoms with Crippen molar-refractivity contribution in [3.05, 3.63) is 129 Å². The molecule has 5 aromatic rings. The minimum absolute atomic E-state index is 0.248. The van der Waals surface area contributed by atoms with Gasteiger partial charge in [-0.15, -0.1) is 0 Å². The van der Waals surface area contributed by atoms with E-state index in [9.17, 15) is 0 Å². The van der Waals surface area contributed by atoms with E-state index in [1.54, 1.807) is 0 Å². The molecule has 4 aliphatic heterocycles. The van der Waals surface area contributed by atoms with Gasteiger partial charge >= 0.3 is 0 Å². The van der Waals surface area contributed by atoms with Gasteiger partial charge in [0.1, 0.15) is 0 Å². The van der Waals surface area contributed by atoms with Crippen LogP contribution >= 0.6 is 0 Å². The maximum atomic E-state index is 5.74. The van der Waals surface area contributed by atoms with Crippen molar-refractivity contribution < 1.29 is 37.9 Å². The van der Waals surface area contributed by atoms with E-state index in [0.29, 0.717) is 0 Å². The van der Waals surface area contributed by atoms with Crippen molar-refractivity contribution >= 4 is 0 Å². The van der Waals surface area contributed by atoms with E-state index in [4.69, 9.17) is 37.9 Å². The summed E-state index contributed by atoms with van der Waals surface area (Å²) in [5.41, 5.74) is 9.65. The third-order valence-corrected chi connectivity index (χ3v) is 8.82. The Balaban J connectivity index is 1.15. The number of benzene rings is 5. The predicted molar refractivity (Wildman–Crippen MR) is 168 cm³/mol. The molecule has 0 aromatic heterocycles. The van der Waals surface area contributed by atoms with Gasteiger partial charge < -0.3 is 37.9 Å². The van der Waals surface area contributed by atoms with Crippen LogP contribution in [0.3, 0.4) is 0 Å². The Hall–Kier alpha value is -5.50. The molecule has 0 spiro atoms. The van der Waals surface area contributed by atoms with Gasteiger partial charge in [-0.1, -0.05) is 36.4 Å². The van der Waals surface area contributed by atoms with E-state index in [0.717, 1.165) is 93.9 Å². The Kier molecular flexibility index (Phi) is 6.51. The smallest absolute Gasteiger partial charge is 0.231 e. The molecule has 0 N–H and O–H groups in total. The van der Waals surface area contributed by atoms with Gasteiger partial charge in [0.2, 0.25) is 27.2 Å². The molecule has 230 valence electrons. The summed E-state index contributed by atoms with van der Waals surface area (Å²) in [5, 5.41) is 0. The summed E-state index contributed by atoms with van der Waals surface area (Å²) in [7, 11) is 0. The second-order valence-corrected chi connectivity index (χ2v) is 11.9. The molecule has 9 rings (SSSR count). The van der Waals surface area contributed by atoms with Crippen molar-refractivity contribution in [3.8, 4) is 46.0 Å². The Morgan fingerprint density at radius 3 is 1.02 bits per heavy atom. The lowest BCUT2D eigenvalue weighted by atomic mass is 9.86. The van der Waals surface area contributed by atoms with E-state index in [-0.39, 0.29) is 27.2 Å². The first-order valence-corrected chi connectivity index (χ1v) is 15.4. The molecule has 0 saturated carbocycles. The van der Waals surface area contributed by atoms with Crippen molar-refractivity contribution in [1.29, 1.82) is 0 Å². The van der Waals surface area contributed by atoms with Gasteiger partial charge in [0.25, 0.3) is 0 Å². The fourth-order valence-corrected chi connectivity index (χ4v) is 6.60. The van der Waals surface area contributed by atoms with Crippen molar-refractivity contribution in [1.82, 2.24) is 0 Å². The van der Waals surface area contributed by atoms with E-state index >= 15 is 0 Å². The van der Waals surface area contributed by atoms with Crippen molar-refractivity contribution in [2.75, 3.05) is 27.2 Å². The van der Waals surface area contributed by atoms with Crippen molar-refractivity contribution in [3.63, 3.8) is 0 Å². The van der Waals surface area contributed by atoms with E-state index in [2.05, 4.69) is 60.7 Å². The van der Waals surface area contributed by atoms with Gasteiger partial charge in [-0.2, -0.15) is 0 Å². The highest BCUT2D eigenvalue weighted by Crippen LogP contribution is 2.38. The minimum atomic E-state index is 0.248. The Labute approximate surface area is 265 Å². The standard InChI is InChI=1S/C38H30O8/c1-5-31-35(43-19-39-31)15-23(1)9-27-12-28(10-24-2-6-32-36(16-24)44-20-40-32)30(14-26-4-8-34-38(18-26)46-22-42-34)29(13-27)11-25-3-7-33-37(17-25)45-21-41-33/h1-8,12-13,15-18H,9-11,14,19-22H2. The Morgan fingerprint density at radius 2 is 0.630 bits per heavy atom. The molecule has 0 saturated heterocycles. The lowest BCUT2D eigenvalue weighted by Crippen LogP contribution is -2.06. The molecule has 8 nitrogen and oxygen atoms in total. The second-order valence-electron chi connectivity index (χ2n) is 11.9. The highest BCUT2D eigenvalue weighted by Gasteiger charge is 2.21. The Morgan fingerprint density at radius 1 is 0.304 bits per heavy atom. The molecule has 5 aromatic carbocycles. The zero-order valence-electron chi connectivity index (χ0n) is 25.0. The summed E-state index contributed by atoms with van der Waals surface area (Å²) in [6.07, 6.45) is 2.96. The predicted octanol–water partition coefficient (Wildman–Crippen LogP) is 6.96. The molecule has 0 fully saturated rings. The summed E-state index contributed by atoms with van der Waals surface area (Å²) in [6.45, 7) is 1.00. The van der Waals surface area contributed by atoms with Gasteiger partial charge in [-0.25, -0.2) is 0 Å². The molecule has 4 heterocycles. The number of rotatable bonds is 8. The third-order valence-electron chi connectivity index (χ3n) is 8.82. The SMILES string of the molecule is c1cc2c(cc1Cc1cc(Cc3ccc4c(c3)OCO4)c(Cc3ccc4c(c3)OCO4)c(Cc3ccc4c(c3)OCO4)c1)OCO2. The van der Waals surface area contributed by atoms with Gasteiger partial charge in [0.15, 0.2) is 46.0 Å². The maximum Gasteiger partial charge on any atom is 0.231 e. The van der Waals surface area contributed by atoms with Crippen LogP contribution in [0, 0.1) is 0 Å². The number of ether oxygens (including phenoxy) is 8. The molecule has 4 aliphatic rings. The molecular formula is C38H30O8. The molecule has 0 aliphatic carbocycles. The third kappa shape index (κ3) is 5.15. The lowest BCUT2D eigenvalue weighted by Gasteiger charge is -2.19. The van der Waals surface area contributed by atoms with Crippen LogP contribution in [0.2, 0.25) is 0 Å². The summed E-state index contributed by atoms with van der Waals surface area (Å²) in [6, 6.07) is 29.5. The highest BCUT2D eigenvalue weighted by atomic mass is 16.7. The second kappa shape index (κ2) is 11.1. The van der Waals surface area contributed by atoms with Gasteiger partial charge in [0, 0.05) is 0 Å². The fourth-order valence-electron chi connectivity index (χ4n) is 6.60. The minimum Gasteiger partial charge on any atom is -0.454 e. The first kappa shape index (κ1) is 26.9. The van der Waals surface area contributed by atoms with Gasteiger partial charge in [-0.3, -0.25) is 0 Å². The molecule has 46 heavy (non-hydrogen) atoms. The lowest BCUT2D eigenvalue weighted by molar-refractivity contribution is 0.173. The molecule has 0 unspecified atom stereocenters. The molecule has 0 amide bonds. The van der Waals surface area contributed by atoms with Crippen LogP contribution in [-0.4, -0.2) is 27.2 Å². The molecule has 0 radical (unpaired) electrons. The fraction of sp³-hybridized carbons (Fsp3) is 0.211. The normalized spacial score (nSPS) is 14.6. The van der Waals surface area contributed by atoms with Crippen LogP contribution in [0.4, 0.5) is 0 Å². The average molecular weight is 615 g/mol. The average Bonchev–Trinajstić information content (AvgIpc) is 3.89. The highest BCUT2D eigenvalue weighted by molar-refractivity contribution is 5.54. The first-order chi connectivity index (χ1) is 22.7. The van der Waals surface area contributed by atoms with E-state index in [1.807, 2.05) is 24.3 Å². The number of hydrogen-bond acceptors (Lipinski definition) is 8. The van der Waals surface area contributed by atoms with Gasteiger partial charge in [-0.05, 0) is 119 Å². The monoisotopic (exact) mass is 614 g/mol. The molecule has 0 bridgehead atoms.